The Morgan fingerprint density at radius 3 is 2.94 bits per heavy atom. The third-order valence-corrected chi connectivity index (χ3v) is 3.80. The molecule has 1 heterocycles. The molecule has 1 unspecified atom stereocenters. The molecular weight excluding hydrogens is 235 g/mol. The van der Waals surface area contributed by atoms with E-state index in [0.29, 0.717) is 13.0 Å². The first-order valence-electron chi connectivity index (χ1n) is 5.46. The molecule has 1 aromatic carbocycles. The number of hydrogen-bond acceptors (Lipinski definition) is 3. The van der Waals surface area contributed by atoms with E-state index in [4.69, 9.17) is 20.0 Å². The maximum Gasteiger partial charge on any atom is 0.398 e. The molecule has 0 saturated heterocycles. The zero-order valence-corrected chi connectivity index (χ0v) is 10.9. The minimum Gasteiger partial charge on any atom is -0.426 e. The van der Waals surface area contributed by atoms with Crippen molar-refractivity contribution in [1.29, 1.82) is 0 Å². The highest BCUT2D eigenvalue weighted by Gasteiger charge is 2.36. The Morgan fingerprint density at radius 2 is 2.18 bits per heavy atom. The molecule has 0 amide bonds. The number of hydrogen-bond donors (Lipinski definition) is 0. The lowest BCUT2D eigenvalue weighted by molar-refractivity contribution is 0.0615. The van der Waals surface area contributed by atoms with Gasteiger partial charge >= 0.3 is 8.60 Å². The van der Waals surface area contributed by atoms with E-state index in [1.807, 2.05) is 38.1 Å². The second-order valence-electron chi connectivity index (χ2n) is 4.20. The molecule has 1 atom stereocenters. The van der Waals surface area contributed by atoms with Crippen molar-refractivity contribution in [1.82, 2.24) is 0 Å². The lowest BCUT2D eigenvalue weighted by atomic mass is 9.98. The second kappa shape index (κ2) is 5.06. The van der Waals surface area contributed by atoms with Crippen LogP contribution in [-0.4, -0.2) is 6.61 Å². The molecule has 0 fully saturated rings. The van der Waals surface area contributed by atoms with Crippen LogP contribution in [0.2, 0.25) is 0 Å². The van der Waals surface area contributed by atoms with Gasteiger partial charge in [-0.25, -0.2) is 0 Å². The molecular formula is C13H15O3P. The monoisotopic (exact) mass is 250 g/mol. The van der Waals surface area contributed by atoms with Crippen LogP contribution in [0.3, 0.4) is 0 Å². The van der Waals surface area contributed by atoms with Gasteiger partial charge in [0, 0.05) is 12.0 Å². The van der Waals surface area contributed by atoms with E-state index in [2.05, 4.69) is 5.92 Å². The Labute approximate surface area is 103 Å². The molecule has 0 spiro atoms. The number of fused-ring (bicyclic) bond motifs is 1. The number of terminal acetylenes is 1. The lowest BCUT2D eigenvalue weighted by Crippen LogP contribution is -2.25. The molecule has 2 rings (SSSR count). The summed E-state index contributed by atoms with van der Waals surface area (Å²) in [4.78, 5) is 0. The van der Waals surface area contributed by atoms with Gasteiger partial charge in [-0.05, 0) is 19.9 Å². The van der Waals surface area contributed by atoms with Crippen molar-refractivity contribution >= 4 is 8.60 Å². The summed E-state index contributed by atoms with van der Waals surface area (Å²) < 4.78 is 17.0. The molecule has 17 heavy (non-hydrogen) atoms. The van der Waals surface area contributed by atoms with E-state index in [9.17, 15) is 0 Å². The van der Waals surface area contributed by atoms with E-state index >= 15 is 0 Å². The van der Waals surface area contributed by atoms with Crippen LogP contribution >= 0.6 is 8.60 Å². The van der Waals surface area contributed by atoms with Crippen LogP contribution in [0.25, 0.3) is 0 Å². The zero-order chi connectivity index (χ0) is 12.3. The number of rotatable bonds is 3. The molecule has 90 valence electrons. The fourth-order valence-corrected chi connectivity index (χ4v) is 2.78. The van der Waals surface area contributed by atoms with Crippen LogP contribution < -0.4 is 4.52 Å². The van der Waals surface area contributed by atoms with Gasteiger partial charge in [0.15, 0.2) is 0 Å². The van der Waals surface area contributed by atoms with Gasteiger partial charge in [0.1, 0.15) is 11.4 Å². The molecule has 1 aliphatic heterocycles. The van der Waals surface area contributed by atoms with Gasteiger partial charge in [-0.1, -0.05) is 18.2 Å². The van der Waals surface area contributed by atoms with Crippen molar-refractivity contribution in [2.24, 2.45) is 0 Å². The molecule has 0 N–H and O–H groups in total. The van der Waals surface area contributed by atoms with Crippen LogP contribution in [0.5, 0.6) is 5.75 Å². The van der Waals surface area contributed by atoms with E-state index in [-0.39, 0.29) is 0 Å². The predicted molar refractivity (Wildman–Crippen MR) is 67.5 cm³/mol. The fraction of sp³-hybridized carbons (Fsp3) is 0.385. The lowest BCUT2D eigenvalue weighted by Gasteiger charge is -2.35. The van der Waals surface area contributed by atoms with Gasteiger partial charge in [0.25, 0.3) is 0 Å². The fourth-order valence-electron chi connectivity index (χ4n) is 1.61. The first kappa shape index (κ1) is 12.4. The maximum absolute atomic E-state index is 5.80. The summed E-state index contributed by atoms with van der Waals surface area (Å²) in [7, 11) is -1.35. The van der Waals surface area contributed by atoms with Crippen LogP contribution in [-0.2, 0) is 14.6 Å². The highest BCUT2D eigenvalue weighted by molar-refractivity contribution is 7.42. The van der Waals surface area contributed by atoms with E-state index in [1.165, 1.54) is 0 Å². The van der Waals surface area contributed by atoms with Gasteiger partial charge < -0.3 is 9.05 Å². The summed E-state index contributed by atoms with van der Waals surface area (Å²) in [6, 6.07) is 7.85. The van der Waals surface area contributed by atoms with E-state index in [0.717, 1.165) is 11.3 Å². The summed E-state index contributed by atoms with van der Waals surface area (Å²) in [5.41, 5.74) is 0.649. The Kier molecular flexibility index (Phi) is 3.69. The van der Waals surface area contributed by atoms with Crippen LogP contribution in [0, 0.1) is 12.3 Å². The average Bonchev–Trinajstić information content (AvgIpc) is 2.29. The Morgan fingerprint density at radius 1 is 1.41 bits per heavy atom. The normalized spacial score (nSPS) is 21.1. The summed E-state index contributed by atoms with van der Waals surface area (Å²) in [5, 5.41) is 0. The summed E-state index contributed by atoms with van der Waals surface area (Å²) in [6.45, 7) is 4.48. The average molecular weight is 250 g/mol. The quantitative estimate of drug-likeness (QED) is 0.466. The molecule has 4 heteroatoms. The first-order chi connectivity index (χ1) is 8.13. The van der Waals surface area contributed by atoms with Crippen molar-refractivity contribution in [3.63, 3.8) is 0 Å². The van der Waals surface area contributed by atoms with Gasteiger partial charge in [-0.15, -0.1) is 12.3 Å². The zero-order valence-electron chi connectivity index (χ0n) is 9.97. The van der Waals surface area contributed by atoms with E-state index in [1.54, 1.807) is 0 Å². The second-order valence-corrected chi connectivity index (χ2v) is 5.27. The van der Waals surface area contributed by atoms with Crippen LogP contribution in [0.15, 0.2) is 24.3 Å². The SMILES string of the molecule is C#CCCOP1Oc2ccccc2C(C)(C)O1. The first-order valence-corrected chi connectivity index (χ1v) is 6.56. The molecule has 0 aromatic heterocycles. The molecule has 0 bridgehead atoms. The Hall–Kier alpha value is -1.07. The van der Waals surface area contributed by atoms with Crippen molar-refractivity contribution < 1.29 is 13.6 Å². The summed E-state index contributed by atoms with van der Waals surface area (Å²) in [5.74, 6) is 3.35. The molecule has 1 aliphatic rings. The smallest absolute Gasteiger partial charge is 0.398 e. The highest BCUT2D eigenvalue weighted by atomic mass is 31.2. The Balaban J connectivity index is 2.12. The molecule has 0 saturated carbocycles. The topological polar surface area (TPSA) is 27.7 Å². The summed E-state index contributed by atoms with van der Waals surface area (Å²) >= 11 is 0. The van der Waals surface area contributed by atoms with Crippen LogP contribution in [0.4, 0.5) is 0 Å². The summed E-state index contributed by atoms with van der Waals surface area (Å²) in [6.07, 6.45) is 5.73. The third-order valence-electron chi connectivity index (χ3n) is 2.45. The van der Waals surface area contributed by atoms with Gasteiger partial charge in [0.2, 0.25) is 0 Å². The van der Waals surface area contributed by atoms with Gasteiger partial charge in [-0.2, -0.15) is 0 Å². The van der Waals surface area contributed by atoms with Crippen molar-refractivity contribution in [2.45, 2.75) is 25.9 Å². The van der Waals surface area contributed by atoms with Crippen molar-refractivity contribution in [3.05, 3.63) is 29.8 Å². The Bertz CT molecular complexity index is 437. The highest BCUT2D eigenvalue weighted by Crippen LogP contribution is 2.54. The molecule has 0 aliphatic carbocycles. The molecule has 3 nitrogen and oxygen atoms in total. The molecule has 0 radical (unpaired) electrons. The maximum atomic E-state index is 5.80. The standard InChI is InChI=1S/C13H15O3P/c1-4-5-10-14-17-15-12-9-7-6-8-11(12)13(2,3)16-17/h1,6-9H,5,10H2,2-3H3. The predicted octanol–water partition coefficient (Wildman–Crippen LogP) is 3.60. The number of benzene rings is 1. The molecule has 1 aromatic rings. The van der Waals surface area contributed by atoms with Crippen molar-refractivity contribution in [3.8, 4) is 18.1 Å². The van der Waals surface area contributed by atoms with Crippen LogP contribution in [0.1, 0.15) is 25.8 Å². The minimum atomic E-state index is -1.35. The largest absolute Gasteiger partial charge is 0.426 e. The van der Waals surface area contributed by atoms with E-state index < -0.39 is 14.2 Å². The van der Waals surface area contributed by atoms with Crippen molar-refractivity contribution in [2.75, 3.05) is 6.61 Å². The third kappa shape index (κ3) is 2.79. The van der Waals surface area contributed by atoms with Gasteiger partial charge in [0.05, 0.1) is 6.61 Å². The number of para-hydroxylation sites is 1. The minimum absolute atomic E-state index is 0.392. The van der Waals surface area contributed by atoms with Gasteiger partial charge in [-0.3, -0.25) is 4.52 Å².